The van der Waals surface area contributed by atoms with E-state index < -0.39 is 11.8 Å². The van der Waals surface area contributed by atoms with Gasteiger partial charge in [-0.3, -0.25) is 0 Å². The third kappa shape index (κ3) is 0.641. The van der Waals surface area contributed by atoms with Crippen LogP contribution in [0.3, 0.4) is 0 Å². The summed E-state index contributed by atoms with van der Waals surface area (Å²) < 4.78 is 23.6. The number of alkyl halides is 2. The van der Waals surface area contributed by atoms with Gasteiger partial charge in [0.15, 0.2) is 0 Å². The molecule has 0 aromatic rings. The maximum atomic E-state index is 11.8. The average Bonchev–Trinajstić information content (AvgIpc) is 2.44. The summed E-state index contributed by atoms with van der Waals surface area (Å²) in [5.41, 5.74) is -0.778. The fourth-order valence-corrected chi connectivity index (χ4v) is 0.656. The van der Waals surface area contributed by atoms with E-state index in [1.54, 1.807) is 0 Å². The van der Waals surface area contributed by atoms with E-state index in [4.69, 9.17) is 0 Å². The summed E-state index contributed by atoms with van der Waals surface area (Å²) in [6, 6.07) is 0. The summed E-state index contributed by atoms with van der Waals surface area (Å²) in [6.45, 7) is 3.34. The number of halogens is 2. The van der Waals surface area contributed by atoms with Crippen LogP contribution < -0.4 is 0 Å². The Balaban J connectivity index is 2.53. The van der Waals surface area contributed by atoms with Gasteiger partial charge in [0, 0.05) is 5.41 Å². The molecule has 0 nitrogen and oxygen atoms in total. The summed E-state index contributed by atoms with van der Waals surface area (Å²) in [4.78, 5) is 0. The molecule has 0 aromatic heterocycles. The maximum Gasteiger partial charge on any atom is 0.247 e. The quantitative estimate of drug-likeness (QED) is 0.487. The Bertz CT molecular complexity index is 103. The molecule has 1 fully saturated rings. The van der Waals surface area contributed by atoms with Crippen LogP contribution in [0.2, 0.25) is 0 Å². The first kappa shape index (κ1) is 5.73. The molecule has 0 amide bonds. The highest BCUT2D eigenvalue weighted by atomic mass is 19.3. The zero-order chi connectivity index (χ0) is 6.20. The van der Waals surface area contributed by atoms with Gasteiger partial charge >= 0.3 is 0 Å². The van der Waals surface area contributed by atoms with Crippen LogP contribution in [-0.2, 0) is 0 Å². The minimum absolute atomic E-state index is 0.619. The fraction of sp³-hybridized carbons (Fsp3) is 0.667. The lowest BCUT2D eigenvalue weighted by Crippen LogP contribution is -2.07. The van der Waals surface area contributed by atoms with Crippen LogP contribution in [0.1, 0.15) is 12.8 Å². The van der Waals surface area contributed by atoms with Crippen LogP contribution in [0.25, 0.3) is 0 Å². The summed E-state index contributed by atoms with van der Waals surface area (Å²) in [5.74, 6) is 0. The summed E-state index contributed by atoms with van der Waals surface area (Å²) in [5, 5.41) is 0. The molecular formula is C6H8F2. The van der Waals surface area contributed by atoms with Crippen molar-refractivity contribution in [1.82, 2.24) is 0 Å². The second-order valence-corrected chi connectivity index (χ2v) is 2.24. The molecule has 0 aliphatic heterocycles. The highest BCUT2D eigenvalue weighted by Gasteiger charge is 2.48. The molecule has 1 aliphatic rings. The Morgan fingerprint density at radius 1 is 1.50 bits per heavy atom. The maximum absolute atomic E-state index is 11.8. The molecule has 2 heteroatoms. The fourth-order valence-electron chi connectivity index (χ4n) is 0.656. The van der Waals surface area contributed by atoms with Gasteiger partial charge in [0.2, 0.25) is 6.43 Å². The highest BCUT2D eigenvalue weighted by Crippen LogP contribution is 2.51. The van der Waals surface area contributed by atoms with E-state index in [-0.39, 0.29) is 0 Å². The van der Waals surface area contributed by atoms with Gasteiger partial charge in [-0.1, -0.05) is 6.08 Å². The van der Waals surface area contributed by atoms with E-state index in [9.17, 15) is 8.78 Å². The number of hydrogen-bond acceptors (Lipinski definition) is 0. The van der Waals surface area contributed by atoms with Gasteiger partial charge in [-0.05, 0) is 12.8 Å². The molecule has 0 bridgehead atoms. The molecule has 0 unspecified atom stereocenters. The van der Waals surface area contributed by atoms with Crippen LogP contribution >= 0.6 is 0 Å². The lowest BCUT2D eigenvalue weighted by Gasteiger charge is -2.04. The van der Waals surface area contributed by atoms with Crippen molar-refractivity contribution in [3.8, 4) is 0 Å². The monoisotopic (exact) mass is 118 g/mol. The van der Waals surface area contributed by atoms with Crippen molar-refractivity contribution >= 4 is 0 Å². The first-order valence-corrected chi connectivity index (χ1v) is 2.63. The van der Waals surface area contributed by atoms with Crippen LogP contribution in [0.4, 0.5) is 8.78 Å². The van der Waals surface area contributed by atoms with E-state index in [0.717, 1.165) is 0 Å². The molecule has 8 heavy (non-hydrogen) atoms. The van der Waals surface area contributed by atoms with Crippen LogP contribution in [0.15, 0.2) is 12.7 Å². The molecule has 1 saturated carbocycles. The molecule has 0 radical (unpaired) electrons. The Hall–Kier alpha value is -0.400. The third-order valence-corrected chi connectivity index (χ3v) is 1.67. The van der Waals surface area contributed by atoms with Gasteiger partial charge in [-0.15, -0.1) is 6.58 Å². The smallest absolute Gasteiger partial charge is 0.210 e. The highest BCUT2D eigenvalue weighted by molar-refractivity contribution is 5.07. The largest absolute Gasteiger partial charge is 0.247 e. The predicted molar refractivity (Wildman–Crippen MR) is 27.9 cm³/mol. The lowest BCUT2D eigenvalue weighted by atomic mass is 10.1. The standard InChI is InChI=1S/C6H8F2/c1-2-6(3-4-6)5(7)8/h2,5H,1,3-4H2. The Morgan fingerprint density at radius 3 is 2.00 bits per heavy atom. The van der Waals surface area contributed by atoms with Gasteiger partial charge in [0.1, 0.15) is 0 Å². The second kappa shape index (κ2) is 1.54. The number of allylic oxidation sites excluding steroid dienone is 1. The molecule has 0 atom stereocenters. The first-order chi connectivity index (χ1) is 3.71. The van der Waals surface area contributed by atoms with Crippen molar-refractivity contribution in [3.05, 3.63) is 12.7 Å². The Morgan fingerprint density at radius 2 is 2.00 bits per heavy atom. The summed E-state index contributed by atoms with van der Waals surface area (Å²) >= 11 is 0. The van der Waals surface area contributed by atoms with E-state index >= 15 is 0 Å². The van der Waals surface area contributed by atoms with Crippen LogP contribution in [0, 0.1) is 5.41 Å². The van der Waals surface area contributed by atoms with Crippen LogP contribution in [0.5, 0.6) is 0 Å². The molecule has 0 aromatic carbocycles. The van der Waals surface area contributed by atoms with Gasteiger partial charge in [0.05, 0.1) is 0 Å². The lowest BCUT2D eigenvalue weighted by molar-refractivity contribution is 0.0875. The van der Waals surface area contributed by atoms with Crippen molar-refractivity contribution in [3.63, 3.8) is 0 Å². The molecule has 0 N–H and O–H groups in total. The van der Waals surface area contributed by atoms with E-state index in [1.807, 2.05) is 0 Å². The van der Waals surface area contributed by atoms with Crippen molar-refractivity contribution in [2.75, 3.05) is 0 Å². The summed E-state index contributed by atoms with van der Waals surface area (Å²) in [7, 11) is 0. The zero-order valence-corrected chi connectivity index (χ0v) is 4.53. The van der Waals surface area contributed by atoms with Gasteiger partial charge in [-0.25, -0.2) is 8.78 Å². The van der Waals surface area contributed by atoms with E-state index in [0.29, 0.717) is 12.8 Å². The third-order valence-electron chi connectivity index (χ3n) is 1.67. The topological polar surface area (TPSA) is 0 Å². The molecule has 1 aliphatic carbocycles. The zero-order valence-electron chi connectivity index (χ0n) is 4.53. The van der Waals surface area contributed by atoms with Crippen molar-refractivity contribution in [2.24, 2.45) is 5.41 Å². The van der Waals surface area contributed by atoms with Crippen molar-refractivity contribution < 1.29 is 8.78 Å². The predicted octanol–water partition coefficient (Wildman–Crippen LogP) is 2.22. The molecule has 0 saturated heterocycles. The molecule has 46 valence electrons. The average molecular weight is 118 g/mol. The van der Waals surface area contributed by atoms with Gasteiger partial charge < -0.3 is 0 Å². The Labute approximate surface area is 47.2 Å². The Kier molecular flexibility index (Phi) is 1.10. The molecule has 0 spiro atoms. The minimum Gasteiger partial charge on any atom is -0.210 e. The molecule has 1 rings (SSSR count). The van der Waals surface area contributed by atoms with Gasteiger partial charge in [0.25, 0.3) is 0 Å². The van der Waals surface area contributed by atoms with Gasteiger partial charge in [-0.2, -0.15) is 0 Å². The minimum atomic E-state index is -2.19. The second-order valence-electron chi connectivity index (χ2n) is 2.24. The van der Waals surface area contributed by atoms with E-state index in [1.165, 1.54) is 6.08 Å². The number of rotatable bonds is 2. The van der Waals surface area contributed by atoms with E-state index in [2.05, 4.69) is 6.58 Å². The normalized spacial score (nSPS) is 23.4. The molecule has 0 heterocycles. The first-order valence-electron chi connectivity index (χ1n) is 2.63. The SMILES string of the molecule is C=CC1(C(F)F)CC1. The van der Waals surface area contributed by atoms with Crippen molar-refractivity contribution in [2.45, 2.75) is 19.3 Å². The summed E-state index contributed by atoms with van der Waals surface area (Å²) in [6.07, 6.45) is 0.417. The van der Waals surface area contributed by atoms with Crippen LogP contribution in [-0.4, -0.2) is 6.43 Å². The molecular weight excluding hydrogens is 110 g/mol. The van der Waals surface area contributed by atoms with Crippen molar-refractivity contribution in [1.29, 1.82) is 0 Å². The number of hydrogen-bond donors (Lipinski definition) is 0.